The lowest BCUT2D eigenvalue weighted by atomic mass is 10.3. The third-order valence-corrected chi connectivity index (χ3v) is 4.15. The van der Waals surface area contributed by atoms with Gasteiger partial charge >= 0.3 is 0 Å². The van der Waals surface area contributed by atoms with Gasteiger partial charge in [-0.3, -0.25) is 9.59 Å². The van der Waals surface area contributed by atoms with Crippen LogP contribution in [0.25, 0.3) is 0 Å². The van der Waals surface area contributed by atoms with Gasteiger partial charge in [-0.2, -0.15) is 0 Å². The highest BCUT2D eigenvalue weighted by Gasteiger charge is 2.16. The highest BCUT2D eigenvalue weighted by molar-refractivity contribution is 8.00. The number of carbonyl (C=O) groups excluding carboxylic acids is 2. The van der Waals surface area contributed by atoms with Gasteiger partial charge in [-0.1, -0.05) is 4.32 Å². The van der Waals surface area contributed by atoms with Crippen molar-refractivity contribution in [1.82, 2.24) is 14.7 Å². The summed E-state index contributed by atoms with van der Waals surface area (Å²) in [6.07, 6.45) is 0. The van der Waals surface area contributed by atoms with Crippen LogP contribution in [0.3, 0.4) is 0 Å². The van der Waals surface area contributed by atoms with Gasteiger partial charge in [0.25, 0.3) is 0 Å². The molecule has 2 aliphatic heterocycles. The molecule has 2 N–H and O–H groups in total. The Kier molecular flexibility index (Phi) is 7.84. The summed E-state index contributed by atoms with van der Waals surface area (Å²) in [6, 6.07) is 0. The molecule has 0 atom stereocenters. The van der Waals surface area contributed by atoms with Crippen molar-refractivity contribution in [3.8, 4) is 0 Å². The first-order valence-corrected chi connectivity index (χ1v) is 8.02. The zero-order chi connectivity index (χ0) is 15.8. The van der Waals surface area contributed by atoms with Crippen LogP contribution >= 0.6 is 12.2 Å². The van der Waals surface area contributed by atoms with Crippen LogP contribution in [0.4, 0.5) is 0 Å². The summed E-state index contributed by atoms with van der Waals surface area (Å²) in [5.41, 5.74) is 0. The second kappa shape index (κ2) is 9.11. The smallest absolute Gasteiger partial charge is 0.219 e. The standard InChI is InChI=1S/C7H12N2OS2.C6H12N2O/c1-6(10)8-2-4-9(5-3-8)7(11)12;1-6(9)8-4-2-7-3-5-8/h2-5H2,1H3,(H,11,12);7H,2-5H2,1H3. The molecule has 2 saturated heterocycles. The molecule has 0 radical (unpaired) electrons. The van der Waals surface area contributed by atoms with Crippen LogP contribution in [-0.4, -0.2) is 83.2 Å². The molecule has 0 saturated carbocycles. The van der Waals surface area contributed by atoms with E-state index in [1.165, 1.54) is 0 Å². The lowest BCUT2D eigenvalue weighted by Gasteiger charge is -2.37. The molecule has 2 rings (SSSR count). The lowest BCUT2D eigenvalue weighted by Crippen LogP contribution is -2.89. The van der Waals surface area contributed by atoms with E-state index in [0.717, 1.165) is 52.4 Å². The molecule has 120 valence electrons. The summed E-state index contributed by atoms with van der Waals surface area (Å²) in [6.45, 7) is 10.2. The van der Waals surface area contributed by atoms with Gasteiger partial charge in [0.15, 0.2) is 0 Å². The lowest BCUT2D eigenvalue weighted by molar-refractivity contribution is -0.662. The first-order chi connectivity index (χ1) is 9.91. The minimum atomic E-state index is 0.130. The van der Waals surface area contributed by atoms with Crippen molar-refractivity contribution in [3.63, 3.8) is 0 Å². The summed E-state index contributed by atoms with van der Waals surface area (Å²) in [5.74, 6) is 0.341. The fourth-order valence-corrected chi connectivity index (χ4v) is 2.63. The third-order valence-electron chi connectivity index (χ3n) is 3.63. The highest BCUT2D eigenvalue weighted by atomic mass is 32.1. The molecule has 0 aliphatic carbocycles. The zero-order valence-corrected chi connectivity index (χ0v) is 14.3. The van der Waals surface area contributed by atoms with E-state index < -0.39 is 0 Å². The number of piperazine rings is 2. The molecule has 2 aliphatic rings. The van der Waals surface area contributed by atoms with Gasteiger partial charge in [0.05, 0.1) is 26.2 Å². The molecule has 0 aromatic heterocycles. The van der Waals surface area contributed by atoms with E-state index in [1.807, 2.05) is 14.7 Å². The van der Waals surface area contributed by atoms with Gasteiger partial charge in [-0.05, 0) is 0 Å². The predicted octanol–water partition coefficient (Wildman–Crippen LogP) is -1.61. The number of rotatable bonds is 0. The largest absolute Gasteiger partial charge is 0.411 e. The Bertz CT molecular complexity index is 356. The molecular formula is C13H24N4O2S2. The topological polar surface area (TPSA) is 60.5 Å². The van der Waals surface area contributed by atoms with E-state index in [2.05, 4.69) is 5.32 Å². The molecule has 2 amide bonds. The van der Waals surface area contributed by atoms with Gasteiger partial charge in [0.2, 0.25) is 11.8 Å². The summed E-state index contributed by atoms with van der Waals surface area (Å²) >= 11 is 9.71. The molecule has 8 heteroatoms. The van der Waals surface area contributed by atoms with Crippen molar-refractivity contribution in [1.29, 1.82) is 0 Å². The van der Waals surface area contributed by atoms with Gasteiger partial charge in [0.1, 0.15) is 0 Å². The average Bonchev–Trinajstić information content (AvgIpc) is 2.49. The number of hydrogen-bond donors (Lipinski definition) is 1. The van der Waals surface area contributed by atoms with Crippen LogP contribution in [0.2, 0.25) is 0 Å². The summed E-state index contributed by atoms with van der Waals surface area (Å²) in [4.78, 5) is 27.3. The van der Waals surface area contributed by atoms with E-state index in [-0.39, 0.29) is 11.8 Å². The maximum Gasteiger partial charge on any atom is 0.219 e. The third kappa shape index (κ3) is 6.54. The molecule has 2 heterocycles. The Balaban J connectivity index is 0.000000219. The Morgan fingerprint density at radius 2 is 1.24 bits per heavy atom. The minimum absolute atomic E-state index is 0.130. The van der Waals surface area contributed by atoms with Crippen molar-refractivity contribution < 1.29 is 14.9 Å². The van der Waals surface area contributed by atoms with Crippen LogP contribution in [0.1, 0.15) is 13.8 Å². The molecule has 2 fully saturated rings. The van der Waals surface area contributed by atoms with Gasteiger partial charge in [0, 0.05) is 40.0 Å². The van der Waals surface area contributed by atoms with Crippen molar-refractivity contribution in [3.05, 3.63) is 0 Å². The first kappa shape index (κ1) is 18.1. The molecule has 6 nitrogen and oxygen atoms in total. The molecule has 0 bridgehead atoms. The normalized spacial score (nSPS) is 18.7. The van der Waals surface area contributed by atoms with Crippen LogP contribution in [0.5, 0.6) is 0 Å². The van der Waals surface area contributed by atoms with Gasteiger partial charge < -0.3 is 44.9 Å². The first-order valence-electron chi connectivity index (χ1n) is 7.20. The molecule has 0 unspecified atom stereocenters. The van der Waals surface area contributed by atoms with Gasteiger partial charge in [-0.25, -0.2) is 0 Å². The number of carbonyl (C=O) groups is 2. The van der Waals surface area contributed by atoms with Crippen LogP contribution in [0, 0.1) is 0 Å². The highest BCUT2D eigenvalue weighted by Crippen LogP contribution is 2.02. The summed E-state index contributed by atoms with van der Waals surface area (Å²) in [5, 5.41) is 2.24. The maximum absolute atomic E-state index is 10.9. The quantitative estimate of drug-likeness (QED) is 0.427. The molecule has 0 aromatic carbocycles. The van der Waals surface area contributed by atoms with Crippen molar-refractivity contribution >= 4 is 41.0 Å². The monoisotopic (exact) mass is 332 g/mol. The number of thiocarbonyl (C=S) groups is 1. The van der Waals surface area contributed by atoms with Gasteiger partial charge in [-0.15, -0.1) is 0 Å². The summed E-state index contributed by atoms with van der Waals surface area (Å²) < 4.78 is 0.512. The average molecular weight is 332 g/mol. The SMILES string of the molecule is CC(=O)N1CCN(C(=S)[S-])CC1.CC(=O)N1CC[NH2+]CC1. The molecule has 0 aromatic rings. The fourth-order valence-electron chi connectivity index (χ4n) is 2.27. The van der Waals surface area contributed by atoms with E-state index in [4.69, 9.17) is 24.8 Å². The number of hydrogen-bond acceptors (Lipinski definition) is 4. The molecule has 21 heavy (non-hydrogen) atoms. The zero-order valence-electron chi connectivity index (χ0n) is 12.7. The van der Waals surface area contributed by atoms with Crippen LogP contribution in [-0.2, 0) is 22.2 Å². The van der Waals surface area contributed by atoms with Crippen LogP contribution in [0.15, 0.2) is 0 Å². The second-order valence-electron chi connectivity index (χ2n) is 5.13. The Hall–Kier alpha value is -0.990. The Morgan fingerprint density at radius 3 is 1.57 bits per heavy atom. The number of amides is 2. The number of quaternary nitrogens is 1. The van der Waals surface area contributed by atoms with Crippen molar-refractivity contribution in [2.45, 2.75) is 13.8 Å². The summed E-state index contributed by atoms with van der Waals surface area (Å²) in [7, 11) is 0. The maximum atomic E-state index is 10.9. The van der Waals surface area contributed by atoms with E-state index in [0.29, 0.717) is 4.32 Å². The van der Waals surface area contributed by atoms with Crippen LogP contribution < -0.4 is 5.32 Å². The Morgan fingerprint density at radius 1 is 0.857 bits per heavy atom. The predicted molar refractivity (Wildman–Crippen MR) is 87.7 cm³/mol. The van der Waals surface area contributed by atoms with E-state index >= 15 is 0 Å². The van der Waals surface area contributed by atoms with E-state index in [9.17, 15) is 9.59 Å². The van der Waals surface area contributed by atoms with Crippen molar-refractivity contribution in [2.75, 3.05) is 52.4 Å². The van der Waals surface area contributed by atoms with E-state index in [1.54, 1.807) is 13.8 Å². The second-order valence-corrected chi connectivity index (χ2v) is 6.16. The Labute approximate surface area is 137 Å². The number of nitrogens with two attached hydrogens (primary N) is 1. The minimum Gasteiger partial charge on any atom is -0.411 e. The van der Waals surface area contributed by atoms with Crippen molar-refractivity contribution in [2.24, 2.45) is 0 Å². The molecular weight excluding hydrogens is 308 g/mol. The molecule has 0 spiro atoms. The fraction of sp³-hybridized carbons (Fsp3) is 0.769. The number of nitrogens with zero attached hydrogens (tertiary/aromatic N) is 3.